The molecule has 1 N–H and O–H groups in total. The second-order valence-electron chi connectivity index (χ2n) is 3.90. The first-order chi connectivity index (χ1) is 8.58. The summed E-state index contributed by atoms with van der Waals surface area (Å²) in [5, 5.41) is 13.8. The van der Waals surface area contributed by atoms with Gasteiger partial charge in [-0.2, -0.15) is 4.98 Å². The summed E-state index contributed by atoms with van der Waals surface area (Å²) in [4.78, 5) is 18.2. The number of nitro groups is 1. The van der Waals surface area contributed by atoms with Gasteiger partial charge in [0.05, 0.1) is 11.0 Å². The minimum atomic E-state index is -0.540. The molecule has 1 atom stereocenters. The normalized spacial score (nSPS) is 11.9. The van der Waals surface area contributed by atoms with Gasteiger partial charge < -0.3 is 10.1 Å². The van der Waals surface area contributed by atoms with E-state index in [0.29, 0.717) is 12.5 Å². The van der Waals surface area contributed by atoms with Crippen LogP contribution in [0.3, 0.4) is 0 Å². The van der Waals surface area contributed by atoms with Crippen molar-refractivity contribution in [2.45, 2.75) is 39.7 Å². The van der Waals surface area contributed by atoms with Crippen LogP contribution in [-0.4, -0.2) is 27.5 Å². The lowest BCUT2D eigenvalue weighted by atomic mass is 10.3. The molecule has 1 aromatic rings. The molecule has 0 fully saturated rings. The first-order valence-electron chi connectivity index (χ1n) is 6.00. The molecular weight excluding hydrogens is 236 g/mol. The lowest BCUT2D eigenvalue weighted by Crippen LogP contribution is -2.14. The summed E-state index contributed by atoms with van der Waals surface area (Å²) < 4.78 is 5.44. The average Bonchev–Trinajstić information content (AvgIpc) is 2.36. The third-order valence-corrected chi connectivity index (χ3v) is 2.35. The average molecular weight is 254 g/mol. The standard InChI is InChI=1S/C11H18N4O3/c1-4-6-12-11-13-7-9(15(16)17)10(14-11)18-8(3)5-2/h7-8H,4-6H2,1-3H3,(H,12,13,14). The SMILES string of the molecule is CCCNc1ncc([N+](=O)[O-])c(OC(C)CC)n1. The van der Waals surface area contributed by atoms with Crippen molar-refractivity contribution >= 4 is 11.6 Å². The Hall–Kier alpha value is -1.92. The Labute approximate surface area is 106 Å². The molecule has 1 aromatic heterocycles. The van der Waals surface area contributed by atoms with Crippen molar-refractivity contribution in [3.05, 3.63) is 16.3 Å². The van der Waals surface area contributed by atoms with E-state index in [1.807, 2.05) is 20.8 Å². The molecule has 7 nitrogen and oxygen atoms in total. The van der Waals surface area contributed by atoms with Crippen LogP contribution in [0.4, 0.5) is 11.6 Å². The number of aromatic nitrogens is 2. The van der Waals surface area contributed by atoms with Crippen molar-refractivity contribution in [2.75, 3.05) is 11.9 Å². The smallest absolute Gasteiger partial charge is 0.349 e. The Morgan fingerprint density at radius 2 is 2.28 bits per heavy atom. The van der Waals surface area contributed by atoms with Gasteiger partial charge in [0.1, 0.15) is 6.20 Å². The van der Waals surface area contributed by atoms with Gasteiger partial charge in [0.25, 0.3) is 5.88 Å². The summed E-state index contributed by atoms with van der Waals surface area (Å²) in [5.74, 6) is 0.365. The third-order valence-electron chi connectivity index (χ3n) is 2.35. The van der Waals surface area contributed by atoms with Crippen LogP contribution in [0.2, 0.25) is 0 Å². The van der Waals surface area contributed by atoms with Gasteiger partial charge in [-0.25, -0.2) is 4.98 Å². The zero-order chi connectivity index (χ0) is 13.5. The van der Waals surface area contributed by atoms with Gasteiger partial charge in [0.15, 0.2) is 0 Å². The zero-order valence-corrected chi connectivity index (χ0v) is 10.8. The summed E-state index contributed by atoms with van der Waals surface area (Å²) in [6.07, 6.45) is 2.71. The molecule has 0 aliphatic heterocycles. The number of ether oxygens (including phenoxy) is 1. The maximum Gasteiger partial charge on any atom is 0.349 e. The molecule has 1 rings (SSSR count). The van der Waals surface area contributed by atoms with E-state index in [1.54, 1.807) is 0 Å². The van der Waals surface area contributed by atoms with Crippen LogP contribution < -0.4 is 10.1 Å². The zero-order valence-electron chi connectivity index (χ0n) is 10.8. The van der Waals surface area contributed by atoms with Gasteiger partial charge in [-0.3, -0.25) is 10.1 Å². The Kier molecular flexibility index (Phi) is 5.29. The molecule has 100 valence electrons. The van der Waals surface area contributed by atoms with E-state index in [0.717, 1.165) is 12.8 Å². The predicted octanol–water partition coefficient (Wildman–Crippen LogP) is 2.38. The molecule has 7 heteroatoms. The van der Waals surface area contributed by atoms with Gasteiger partial charge in [-0.05, 0) is 19.8 Å². The summed E-state index contributed by atoms with van der Waals surface area (Å²) in [7, 11) is 0. The molecule has 0 saturated carbocycles. The van der Waals surface area contributed by atoms with Crippen LogP contribution in [0.5, 0.6) is 5.88 Å². The van der Waals surface area contributed by atoms with E-state index in [4.69, 9.17) is 4.74 Å². The van der Waals surface area contributed by atoms with Crippen LogP contribution >= 0.6 is 0 Å². The van der Waals surface area contributed by atoms with Gasteiger partial charge in [0, 0.05) is 6.54 Å². The fourth-order valence-electron chi connectivity index (χ4n) is 1.17. The number of hydrogen-bond acceptors (Lipinski definition) is 6. The quantitative estimate of drug-likeness (QED) is 0.593. The molecule has 0 radical (unpaired) electrons. The first-order valence-corrected chi connectivity index (χ1v) is 6.00. The lowest BCUT2D eigenvalue weighted by molar-refractivity contribution is -0.386. The van der Waals surface area contributed by atoms with Crippen molar-refractivity contribution in [3.8, 4) is 5.88 Å². The van der Waals surface area contributed by atoms with Crippen molar-refractivity contribution in [2.24, 2.45) is 0 Å². The molecule has 0 aromatic carbocycles. The number of rotatable bonds is 7. The highest BCUT2D eigenvalue weighted by Crippen LogP contribution is 2.25. The summed E-state index contributed by atoms with van der Waals surface area (Å²) in [5.41, 5.74) is -0.211. The minimum Gasteiger partial charge on any atom is -0.470 e. The van der Waals surface area contributed by atoms with Crippen LogP contribution in [0.25, 0.3) is 0 Å². The van der Waals surface area contributed by atoms with Crippen molar-refractivity contribution in [1.82, 2.24) is 9.97 Å². The molecule has 0 saturated heterocycles. The van der Waals surface area contributed by atoms with E-state index < -0.39 is 4.92 Å². The second-order valence-corrected chi connectivity index (χ2v) is 3.90. The van der Waals surface area contributed by atoms with Gasteiger partial charge in [-0.1, -0.05) is 13.8 Å². The number of nitrogens with one attached hydrogen (secondary N) is 1. The summed E-state index contributed by atoms with van der Waals surface area (Å²) in [6.45, 7) is 6.49. The Morgan fingerprint density at radius 1 is 1.56 bits per heavy atom. The Balaban J connectivity index is 2.95. The van der Waals surface area contributed by atoms with Crippen LogP contribution in [0, 0.1) is 10.1 Å². The molecule has 0 bridgehead atoms. The number of nitrogens with zero attached hydrogens (tertiary/aromatic N) is 3. The van der Waals surface area contributed by atoms with Crippen molar-refractivity contribution in [1.29, 1.82) is 0 Å². The molecule has 0 spiro atoms. The summed E-state index contributed by atoms with van der Waals surface area (Å²) in [6, 6.07) is 0. The topological polar surface area (TPSA) is 90.2 Å². The highest BCUT2D eigenvalue weighted by molar-refractivity contribution is 5.43. The first kappa shape index (κ1) is 14.1. The van der Waals surface area contributed by atoms with E-state index in [2.05, 4.69) is 15.3 Å². The van der Waals surface area contributed by atoms with Crippen LogP contribution in [-0.2, 0) is 0 Å². The Bertz CT molecular complexity index is 411. The molecule has 1 heterocycles. The van der Waals surface area contributed by atoms with Gasteiger partial charge in [-0.15, -0.1) is 0 Å². The van der Waals surface area contributed by atoms with Gasteiger partial charge in [0.2, 0.25) is 5.95 Å². The van der Waals surface area contributed by atoms with E-state index in [1.165, 1.54) is 6.20 Å². The maximum atomic E-state index is 10.8. The van der Waals surface area contributed by atoms with Crippen molar-refractivity contribution in [3.63, 3.8) is 0 Å². The highest BCUT2D eigenvalue weighted by atomic mass is 16.6. The fraction of sp³-hybridized carbons (Fsp3) is 0.636. The number of anilines is 1. The minimum absolute atomic E-state index is 0.0166. The van der Waals surface area contributed by atoms with E-state index in [9.17, 15) is 10.1 Å². The molecule has 0 amide bonds. The molecule has 1 unspecified atom stereocenters. The molecule has 18 heavy (non-hydrogen) atoms. The monoisotopic (exact) mass is 254 g/mol. The highest BCUT2D eigenvalue weighted by Gasteiger charge is 2.20. The third kappa shape index (κ3) is 3.83. The summed E-state index contributed by atoms with van der Waals surface area (Å²) >= 11 is 0. The molecular formula is C11H18N4O3. The number of hydrogen-bond donors (Lipinski definition) is 1. The molecule has 0 aliphatic rings. The van der Waals surface area contributed by atoms with Crippen molar-refractivity contribution < 1.29 is 9.66 Å². The van der Waals surface area contributed by atoms with Gasteiger partial charge >= 0.3 is 5.69 Å². The van der Waals surface area contributed by atoms with E-state index in [-0.39, 0.29) is 17.7 Å². The Morgan fingerprint density at radius 3 is 2.83 bits per heavy atom. The van der Waals surface area contributed by atoms with E-state index >= 15 is 0 Å². The second kappa shape index (κ2) is 6.73. The maximum absolute atomic E-state index is 10.8. The molecule has 0 aliphatic carbocycles. The van der Waals surface area contributed by atoms with Crippen LogP contribution in [0.15, 0.2) is 6.20 Å². The van der Waals surface area contributed by atoms with Crippen LogP contribution in [0.1, 0.15) is 33.6 Å². The lowest BCUT2D eigenvalue weighted by Gasteiger charge is -2.12. The largest absolute Gasteiger partial charge is 0.470 e. The fourth-order valence-corrected chi connectivity index (χ4v) is 1.17. The predicted molar refractivity (Wildman–Crippen MR) is 67.8 cm³/mol.